The van der Waals surface area contributed by atoms with E-state index in [4.69, 9.17) is 5.48 Å². The number of benzene rings is 4. The lowest BCUT2D eigenvalue weighted by Gasteiger charge is -2.06. The average molecular weight is 323 g/mol. The number of nitrogens with one attached hydrogen (secondary N) is 1. The molecule has 5 rings (SSSR count). The molecule has 4 aromatic carbocycles. The normalized spacial score (nSPS) is 13.4. The lowest BCUT2D eigenvalue weighted by Crippen LogP contribution is -1.81. The Bertz CT molecular complexity index is 1390. The summed E-state index contributed by atoms with van der Waals surface area (Å²) in [7, 11) is 0. The Kier molecular flexibility index (Phi) is 2.38. The van der Waals surface area contributed by atoms with Gasteiger partial charge in [0.1, 0.15) is 0 Å². The Labute approximate surface area is 152 Å². The van der Waals surface area contributed by atoms with Crippen molar-refractivity contribution in [3.8, 4) is 22.3 Å². The number of rotatable bonds is 2. The first kappa shape index (κ1) is 10.5. The molecule has 25 heavy (non-hydrogen) atoms. The summed E-state index contributed by atoms with van der Waals surface area (Å²) in [5.41, 5.74) is 5.64. The number of fused-ring (bicyclic) bond motifs is 3. The molecular weight excluding hydrogens is 302 g/mol. The van der Waals surface area contributed by atoms with Crippen molar-refractivity contribution in [1.82, 2.24) is 4.98 Å². The van der Waals surface area contributed by atoms with Crippen LogP contribution in [0.4, 0.5) is 0 Å². The molecule has 1 aromatic heterocycles. The highest BCUT2D eigenvalue weighted by Gasteiger charge is 2.06. The van der Waals surface area contributed by atoms with E-state index in [-0.39, 0.29) is 24.2 Å². The van der Waals surface area contributed by atoms with E-state index in [2.05, 4.69) is 35.3 Å². The van der Waals surface area contributed by atoms with Crippen molar-refractivity contribution < 1.29 is 5.48 Å². The van der Waals surface area contributed by atoms with E-state index in [9.17, 15) is 0 Å². The van der Waals surface area contributed by atoms with Gasteiger partial charge in [0.25, 0.3) is 0 Å². The topological polar surface area (TPSA) is 15.8 Å². The first-order valence-corrected chi connectivity index (χ1v) is 8.22. The van der Waals surface area contributed by atoms with Crippen LogP contribution in [0.5, 0.6) is 0 Å². The molecule has 0 saturated heterocycles. The van der Waals surface area contributed by atoms with Gasteiger partial charge in [-0.2, -0.15) is 0 Å². The zero-order valence-electron chi connectivity index (χ0n) is 17.4. The van der Waals surface area contributed by atoms with Crippen LogP contribution >= 0.6 is 0 Å². The van der Waals surface area contributed by atoms with Gasteiger partial charge in [-0.05, 0) is 40.4 Å². The second kappa shape index (κ2) is 5.64. The van der Waals surface area contributed by atoms with Gasteiger partial charge >= 0.3 is 0 Å². The molecular formula is C24H17N. The van der Waals surface area contributed by atoms with Crippen LogP contribution in [0.2, 0.25) is 0 Å². The van der Waals surface area contributed by atoms with Gasteiger partial charge < -0.3 is 4.98 Å². The molecule has 0 bridgehead atoms. The maximum Gasteiger partial charge on any atom is 0.0645 e. The second-order valence-corrected chi connectivity index (χ2v) is 6.08. The SMILES string of the molecule is [2H]c1c([2H])c([2H])c2c([nH]c3cc(-c4cccc(-c5ccccc5)c4)ccc32)c1[2H]. The van der Waals surface area contributed by atoms with Gasteiger partial charge in [-0.1, -0.05) is 78.8 Å². The van der Waals surface area contributed by atoms with Crippen molar-refractivity contribution in [2.24, 2.45) is 0 Å². The van der Waals surface area contributed by atoms with Crippen molar-refractivity contribution in [3.63, 3.8) is 0 Å². The molecule has 0 saturated carbocycles. The molecule has 5 aromatic rings. The highest BCUT2D eigenvalue weighted by atomic mass is 14.7. The highest BCUT2D eigenvalue weighted by molar-refractivity contribution is 6.08. The maximum atomic E-state index is 8.25. The zero-order valence-corrected chi connectivity index (χ0v) is 13.4. The summed E-state index contributed by atoms with van der Waals surface area (Å²) >= 11 is 0. The second-order valence-electron chi connectivity index (χ2n) is 6.08. The van der Waals surface area contributed by atoms with Gasteiger partial charge in [0.2, 0.25) is 0 Å². The summed E-state index contributed by atoms with van der Waals surface area (Å²) in [6, 6.07) is 24.0. The van der Waals surface area contributed by atoms with E-state index in [1.54, 1.807) is 0 Å². The minimum Gasteiger partial charge on any atom is -0.354 e. The summed E-state index contributed by atoms with van der Waals surface area (Å²) < 4.78 is 32.3. The first-order valence-electron chi connectivity index (χ1n) is 10.2. The van der Waals surface area contributed by atoms with Crippen LogP contribution in [-0.4, -0.2) is 4.98 Å². The third-order valence-corrected chi connectivity index (χ3v) is 4.54. The third kappa shape index (κ3) is 2.41. The number of aromatic nitrogens is 1. The summed E-state index contributed by atoms with van der Waals surface area (Å²) in [6.07, 6.45) is 0. The monoisotopic (exact) mass is 323 g/mol. The minimum absolute atomic E-state index is 0.00826. The average Bonchev–Trinajstić information content (AvgIpc) is 3.16. The lowest BCUT2D eigenvalue weighted by atomic mass is 9.98. The predicted octanol–water partition coefficient (Wildman–Crippen LogP) is 6.66. The standard InChI is InChI=1S/C24H17N/c1-2-7-17(8-3-1)18-9-6-10-19(15-18)20-13-14-22-21-11-4-5-12-23(21)25-24(22)16-20/h1-16,25H/i4D,5D,11D,12D. The van der Waals surface area contributed by atoms with E-state index in [0.717, 1.165) is 33.2 Å². The van der Waals surface area contributed by atoms with Gasteiger partial charge in [-0.25, -0.2) is 0 Å². The first-order chi connectivity index (χ1) is 14.0. The molecule has 0 aliphatic rings. The zero-order chi connectivity index (χ0) is 20.1. The summed E-state index contributed by atoms with van der Waals surface area (Å²) in [5, 5.41) is 1.34. The van der Waals surface area contributed by atoms with Crippen LogP contribution in [-0.2, 0) is 0 Å². The van der Waals surface area contributed by atoms with Crippen LogP contribution in [0.25, 0.3) is 44.1 Å². The molecule has 1 nitrogen and oxygen atoms in total. The number of para-hydroxylation sites is 1. The summed E-state index contributed by atoms with van der Waals surface area (Å²) in [6.45, 7) is 0. The quantitative estimate of drug-likeness (QED) is 0.374. The number of hydrogen-bond donors (Lipinski definition) is 1. The molecule has 0 amide bonds. The van der Waals surface area contributed by atoms with Crippen LogP contribution in [0, 0.1) is 0 Å². The molecule has 1 heteroatoms. The van der Waals surface area contributed by atoms with Crippen LogP contribution < -0.4 is 0 Å². The van der Waals surface area contributed by atoms with Crippen molar-refractivity contribution in [2.45, 2.75) is 0 Å². The molecule has 0 aliphatic carbocycles. The Morgan fingerprint density at radius 1 is 0.560 bits per heavy atom. The lowest BCUT2D eigenvalue weighted by molar-refractivity contribution is 1.54. The van der Waals surface area contributed by atoms with Gasteiger partial charge in [0.05, 0.1) is 5.48 Å². The fourth-order valence-electron chi connectivity index (χ4n) is 3.30. The van der Waals surface area contributed by atoms with Crippen molar-refractivity contribution in [2.75, 3.05) is 0 Å². The molecule has 118 valence electrons. The summed E-state index contributed by atoms with van der Waals surface area (Å²) in [4.78, 5) is 3.20. The molecule has 0 radical (unpaired) electrons. The van der Waals surface area contributed by atoms with Crippen molar-refractivity contribution >= 4 is 21.8 Å². The molecule has 0 atom stereocenters. The maximum absolute atomic E-state index is 8.25. The molecule has 0 fully saturated rings. The van der Waals surface area contributed by atoms with Crippen molar-refractivity contribution in [3.05, 3.63) is 97.0 Å². The highest BCUT2D eigenvalue weighted by Crippen LogP contribution is 2.31. The Balaban J connectivity index is 1.69. The van der Waals surface area contributed by atoms with E-state index >= 15 is 0 Å². The molecule has 0 aliphatic heterocycles. The Morgan fingerprint density at radius 3 is 2.16 bits per heavy atom. The number of aromatic amines is 1. The fourth-order valence-corrected chi connectivity index (χ4v) is 3.30. The largest absolute Gasteiger partial charge is 0.354 e. The molecule has 0 spiro atoms. The Morgan fingerprint density at radius 2 is 1.28 bits per heavy atom. The van der Waals surface area contributed by atoms with Gasteiger partial charge in [-0.15, -0.1) is 0 Å². The molecule has 1 N–H and O–H groups in total. The van der Waals surface area contributed by atoms with Gasteiger partial charge in [-0.3, -0.25) is 0 Å². The predicted molar refractivity (Wildman–Crippen MR) is 107 cm³/mol. The minimum atomic E-state index is -0.218. The third-order valence-electron chi connectivity index (χ3n) is 4.54. The van der Waals surface area contributed by atoms with E-state index in [0.29, 0.717) is 10.9 Å². The smallest absolute Gasteiger partial charge is 0.0645 e. The van der Waals surface area contributed by atoms with Crippen LogP contribution in [0.3, 0.4) is 0 Å². The van der Waals surface area contributed by atoms with Crippen molar-refractivity contribution in [1.29, 1.82) is 0 Å². The van der Waals surface area contributed by atoms with Gasteiger partial charge in [0.15, 0.2) is 0 Å². The van der Waals surface area contributed by atoms with E-state index < -0.39 is 0 Å². The molecule has 1 heterocycles. The Hall–Kier alpha value is -3.32. The van der Waals surface area contributed by atoms with E-state index in [1.165, 1.54) is 0 Å². The molecule has 0 unspecified atom stereocenters. The fraction of sp³-hybridized carbons (Fsp3) is 0. The van der Waals surface area contributed by atoms with Gasteiger partial charge in [0, 0.05) is 21.8 Å². The van der Waals surface area contributed by atoms with Crippen LogP contribution in [0.15, 0.2) is 97.0 Å². The number of H-pyrrole nitrogens is 1. The number of hydrogen-bond acceptors (Lipinski definition) is 0. The van der Waals surface area contributed by atoms with E-state index in [1.807, 2.05) is 42.5 Å². The van der Waals surface area contributed by atoms with Crippen LogP contribution in [0.1, 0.15) is 5.48 Å². The summed E-state index contributed by atoms with van der Waals surface area (Å²) in [5.74, 6) is 0.